The molecule has 0 unspecified atom stereocenters. The molecular formula is C20H27N3O2. The van der Waals surface area contributed by atoms with Crippen molar-refractivity contribution in [2.45, 2.75) is 45.1 Å². The van der Waals surface area contributed by atoms with Gasteiger partial charge in [-0.05, 0) is 24.8 Å². The van der Waals surface area contributed by atoms with Crippen LogP contribution in [0.25, 0.3) is 0 Å². The molecular weight excluding hydrogens is 314 g/mol. The van der Waals surface area contributed by atoms with Crippen LogP contribution >= 0.6 is 0 Å². The molecule has 1 saturated heterocycles. The SMILES string of the molecule is CC(C)c1cc(C(=O)NC2CCN(CCc3ccccc3)CC2)no1. The molecule has 0 atom stereocenters. The number of carbonyl (C=O) groups excluding carboxylic acids is 1. The predicted molar refractivity (Wildman–Crippen MR) is 97.7 cm³/mol. The highest BCUT2D eigenvalue weighted by Gasteiger charge is 2.22. The molecule has 5 nitrogen and oxygen atoms in total. The monoisotopic (exact) mass is 341 g/mol. The Morgan fingerprint density at radius 1 is 1.28 bits per heavy atom. The van der Waals surface area contributed by atoms with E-state index in [1.807, 2.05) is 13.8 Å². The zero-order chi connectivity index (χ0) is 17.6. The zero-order valence-corrected chi connectivity index (χ0v) is 15.1. The highest BCUT2D eigenvalue weighted by molar-refractivity contribution is 5.92. The third kappa shape index (κ3) is 4.92. The lowest BCUT2D eigenvalue weighted by atomic mass is 10.0. The summed E-state index contributed by atoms with van der Waals surface area (Å²) in [6.45, 7) is 7.16. The van der Waals surface area contributed by atoms with Crippen LogP contribution < -0.4 is 5.32 Å². The summed E-state index contributed by atoms with van der Waals surface area (Å²) in [6, 6.07) is 12.6. The maximum absolute atomic E-state index is 12.3. The first-order valence-electron chi connectivity index (χ1n) is 9.15. The number of hydrogen-bond donors (Lipinski definition) is 1. The fourth-order valence-corrected chi connectivity index (χ4v) is 3.16. The molecule has 1 fully saturated rings. The maximum Gasteiger partial charge on any atom is 0.273 e. The molecule has 0 aliphatic carbocycles. The van der Waals surface area contributed by atoms with Crippen LogP contribution in [0, 0.1) is 0 Å². The molecule has 1 amide bonds. The van der Waals surface area contributed by atoms with Gasteiger partial charge in [-0.1, -0.05) is 49.3 Å². The minimum atomic E-state index is -0.126. The Labute approximate surface area is 149 Å². The van der Waals surface area contributed by atoms with Crippen LogP contribution in [0.5, 0.6) is 0 Å². The summed E-state index contributed by atoms with van der Waals surface area (Å²) < 4.78 is 5.21. The molecule has 1 aliphatic heterocycles. The van der Waals surface area contributed by atoms with Gasteiger partial charge in [-0.25, -0.2) is 0 Å². The van der Waals surface area contributed by atoms with Crippen molar-refractivity contribution >= 4 is 5.91 Å². The van der Waals surface area contributed by atoms with Gasteiger partial charge in [0.2, 0.25) is 0 Å². The number of carbonyl (C=O) groups is 1. The van der Waals surface area contributed by atoms with Crippen molar-refractivity contribution < 1.29 is 9.32 Å². The third-order valence-electron chi connectivity index (χ3n) is 4.81. The predicted octanol–water partition coefficient (Wildman–Crippen LogP) is 3.23. The molecule has 134 valence electrons. The van der Waals surface area contributed by atoms with Gasteiger partial charge in [0.05, 0.1) is 0 Å². The molecule has 2 aromatic rings. The van der Waals surface area contributed by atoms with E-state index in [0.717, 1.165) is 44.7 Å². The summed E-state index contributed by atoms with van der Waals surface area (Å²) in [7, 11) is 0. The smallest absolute Gasteiger partial charge is 0.273 e. The summed E-state index contributed by atoms with van der Waals surface area (Å²) in [5, 5.41) is 6.98. The Morgan fingerprint density at radius 2 is 2.00 bits per heavy atom. The van der Waals surface area contributed by atoms with Gasteiger partial charge in [-0.2, -0.15) is 0 Å². The average Bonchev–Trinajstić information content (AvgIpc) is 3.13. The molecule has 1 aromatic heterocycles. The second-order valence-electron chi connectivity index (χ2n) is 7.09. The second-order valence-corrected chi connectivity index (χ2v) is 7.09. The summed E-state index contributed by atoms with van der Waals surface area (Å²) >= 11 is 0. The van der Waals surface area contributed by atoms with E-state index in [1.165, 1.54) is 5.56 Å². The first-order chi connectivity index (χ1) is 12.1. The van der Waals surface area contributed by atoms with Crippen molar-refractivity contribution in [2.75, 3.05) is 19.6 Å². The van der Waals surface area contributed by atoms with Gasteiger partial charge >= 0.3 is 0 Å². The van der Waals surface area contributed by atoms with Crippen LogP contribution in [0.4, 0.5) is 0 Å². The van der Waals surface area contributed by atoms with Gasteiger partial charge in [-0.3, -0.25) is 4.79 Å². The molecule has 0 spiro atoms. The topological polar surface area (TPSA) is 58.4 Å². The molecule has 0 saturated carbocycles. The van der Waals surface area contributed by atoms with Crippen LogP contribution in [-0.4, -0.2) is 41.6 Å². The molecule has 0 bridgehead atoms. The summed E-state index contributed by atoms with van der Waals surface area (Å²) in [5.41, 5.74) is 1.76. The molecule has 25 heavy (non-hydrogen) atoms. The van der Waals surface area contributed by atoms with Crippen molar-refractivity contribution in [3.8, 4) is 0 Å². The summed E-state index contributed by atoms with van der Waals surface area (Å²) in [5.74, 6) is 0.862. The Hall–Kier alpha value is -2.14. The number of amides is 1. The van der Waals surface area contributed by atoms with Crippen LogP contribution in [0.3, 0.4) is 0 Å². The van der Waals surface area contributed by atoms with E-state index in [1.54, 1.807) is 6.07 Å². The number of aromatic nitrogens is 1. The van der Waals surface area contributed by atoms with Crippen molar-refractivity contribution in [3.63, 3.8) is 0 Å². The van der Waals surface area contributed by atoms with Crippen molar-refractivity contribution in [1.29, 1.82) is 0 Å². The van der Waals surface area contributed by atoms with Crippen LogP contribution in [0.1, 0.15) is 54.4 Å². The van der Waals surface area contributed by atoms with E-state index in [-0.39, 0.29) is 17.9 Å². The van der Waals surface area contributed by atoms with E-state index in [2.05, 4.69) is 45.7 Å². The van der Waals surface area contributed by atoms with Gasteiger partial charge in [0.1, 0.15) is 5.76 Å². The normalized spacial score (nSPS) is 16.3. The average molecular weight is 341 g/mol. The number of benzene rings is 1. The fourth-order valence-electron chi connectivity index (χ4n) is 3.16. The molecule has 1 N–H and O–H groups in total. The highest BCUT2D eigenvalue weighted by Crippen LogP contribution is 2.16. The van der Waals surface area contributed by atoms with E-state index in [4.69, 9.17) is 4.52 Å². The Kier molecular flexibility index (Phi) is 5.87. The van der Waals surface area contributed by atoms with E-state index < -0.39 is 0 Å². The quantitative estimate of drug-likeness (QED) is 0.876. The van der Waals surface area contributed by atoms with E-state index >= 15 is 0 Å². The largest absolute Gasteiger partial charge is 0.360 e. The first-order valence-corrected chi connectivity index (χ1v) is 9.15. The molecule has 1 aromatic carbocycles. The minimum absolute atomic E-state index is 0.126. The lowest BCUT2D eigenvalue weighted by Crippen LogP contribution is -2.45. The Balaban J connectivity index is 1.42. The standard InChI is InChI=1S/C20H27N3O2/c1-15(2)19-14-18(22-25-19)20(24)21-17-9-12-23(13-10-17)11-8-16-6-4-3-5-7-16/h3-7,14-15,17H,8-13H2,1-2H3,(H,21,24). The number of hydrogen-bond acceptors (Lipinski definition) is 4. The number of rotatable bonds is 6. The van der Waals surface area contributed by atoms with Crippen molar-refractivity contribution in [1.82, 2.24) is 15.4 Å². The Bertz CT molecular complexity index is 673. The Morgan fingerprint density at radius 3 is 2.64 bits per heavy atom. The first kappa shape index (κ1) is 17.7. The lowest BCUT2D eigenvalue weighted by Gasteiger charge is -2.32. The van der Waals surface area contributed by atoms with E-state index in [9.17, 15) is 4.79 Å². The van der Waals surface area contributed by atoms with E-state index in [0.29, 0.717) is 5.69 Å². The molecule has 2 heterocycles. The van der Waals surface area contributed by atoms with Gasteiger partial charge < -0.3 is 14.7 Å². The molecule has 0 radical (unpaired) electrons. The van der Waals surface area contributed by atoms with Gasteiger partial charge in [-0.15, -0.1) is 0 Å². The number of piperidine rings is 1. The fraction of sp³-hybridized carbons (Fsp3) is 0.500. The maximum atomic E-state index is 12.3. The molecule has 5 heteroatoms. The van der Waals surface area contributed by atoms with Gasteiger partial charge in [0.25, 0.3) is 5.91 Å². The third-order valence-corrected chi connectivity index (χ3v) is 4.81. The second kappa shape index (κ2) is 8.30. The van der Waals surface area contributed by atoms with Crippen LogP contribution in [-0.2, 0) is 6.42 Å². The highest BCUT2D eigenvalue weighted by atomic mass is 16.5. The van der Waals surface area contributed by atoms with Crippen LogP contribution in [0.2, 0.25) is 0 Å². The number of nitrogens with one attached hydrogen (secondary N) is 1. The minimum Gasteiger partial charge on any atom is -0.360 e. The molecule has 1 aliphatic rings. The zero-order valence-electron chi connectivity index (χ0n) is 15.1. The van der Waals surface area contributed by atoms with Gasteiger partial charge in [0.15, 0.2) is 5.69 Å². The lowest BCUT2D eigenvalue weighted by molar-refractivity contribution is 0.0902. The molecule has 3 rings (SSSR count). The number of nitrogens with zero attached hydrogens (tertiary/aromatic N) is 2. The van der Waals surface area contributed by atoms with Crippen molar-refractivity contribution in [2.24, 2.45) is 0 Å². The van der Waals surface area contributed by atoms with Crippen LogP contribution in [0.15, 0.2) is 40.9 Å². The summed E-state index contributed by atoms with van der Waals surface area (Å²) in [4.78, 5) is 14.8. The number of likely N-dealkylation sites (tertiary alicyclic amines) is 1. The van der Waals surface area contributed by atoms with Crippen molar-refractivity contribution in [3.05, 3.63) is 53.4 Å². The van der Waals surface area contributed by atoms with Gasteiger partial charge in [0, 0.05) is 37.7 Å². The summed E-state index contributed by atoms with van der Waals surface area (Å²) in [6.07, 6.45) is 3.04.